The van der Waals surface area contributed by atoms with Crippen LogP contribution >= 0.6 is 11.6 Å². The molecule has 1 aromatic heterocycles. The van der Waals surface area contributed by atoms with E-state index < -0.39 is 0 Å². The molecule has 0 amide bonds. The first-order valence-corrected chi connectivity index (χ1v) is 7.27. The van der Waals surface area contributed by atoms with Gasteiger partial charge >= 0.3 is 0 Å². The van der Waals surface area contributed by atoms with E-state index in [1.807, 2.05) is 18.2 Å². The fourth-order valence-electron chi connectivity index (χ4n) is 1.96. The molecule has 116 valence electrons. The van der Waals surface area contributed by atoms with Crippen LogP contribution in [0.1, 0.15) is 6.42 Å². The highest BCUT2D eigenvalue weighted by molar-refractivity contribution is 6.32. The van der Waals surface area contributed by atoms with E-state index in [-0.39, 0.29) is 6.79 Å². The highest BCUT2D eigenvalue weighted by Crippen LogP contribution is 2.34. The second-order valence-corrected chi connectivity index (χ2v) is 5.06. The first-order chi connectivity index (χ1) is 10.8. The third-order valence-corrected chi connectivity index (χ3v) is 3.32. The zero-order valence-corrected chi connectivity index (χ0v) is 12.6. The summed E-state index contributed by atoms with van der Waals surface area (Å²) in [6, 6.07) is 5.54. The first-order valence-electron chi connectivity index (χ1n) is 6.89. The van der Waals surface area contributed by atoms with Crippen molar-refractivity contribution in [3.63, 3.8) is 0 Å². The van der Waals surface area contributed by atoms with Crippen LogP contribution < -0.4 is 25.8 Å². The Morgan fingerprint density at radius 3 is 3.00 bits per heavy atom. The van der Waals surface area contributed by atoms with Crippen LogP contribution in [0, 0.1) is 0 Å². The molecule has 0 aliphatic carbocycles. The molecule has 2 aromatic rings. The average molecular weight is 322 g/mol. The van der Waals surface area contributed by atoms with Crippen LogP contribution in [-0.4, -0.2) is 29.9 Å². The lowest BCUT2D eigenvalue weighted by Gasteiger charge is -2.10. The van der Waals surface area contributed by atoms with E-state index in [4.69, 9.17) is 26.8 Å². The molecule has 2 heterocycles. The number of benzene rings is 1. The van der Waals surface area contributed by atoms with Gasteiger partial charge in [0.1, 0.15) is 10.8 Å². The summed E-state index contributed by atoms with van der Waals surface area (Å²) in [7, 11) is 0. The molecule has 0 unspecified atom stereocenters. The summed E-state index contributed by atoms with van der Waals surface area (Å²) < 4.78 is 10.6. The minimum Gasteiger partial charge on any atom is -0.454 e. The number of rotatable bonds is 6. The van der Waals surface area contributed by atoms with Crippen LogP contribution in [0.4, 0.5) is 17.5 Å². The van der Waals surface area contributed by atoms with Crippen LogP contribution in [0.3, 0.4) is 0 Å². The van der Waals surface area contributed by atoms with Crippen molar-refractivity contribution >= 4 is 29.1 Å². The summed E-state index contributed by atoms with van der Waals surface area (Å²) in [6.45, 7) is 1.56. The summed E-state index contributed by atoms with van der Waals surface area (Å²) >= 11 is 6.07. The number of nitrogens with one attached hydrogen (secondary N) is 2. The summed E-state index contributed by atoms with van der Waals surface area (Å²) in [5.74, 6) is 2.44. The number of nitrogens with zero attached hydrogens (tertiary/aromatic N) is 2. The molecule has 1 aromatic carbocycles. The molecule has 0 atom stereocenters. The van der Waals surface area contributed by atoms with Crippen LogP contribution in [-0.2, 0) is 0 Å². The summed E-state index contributed by atoms with van der Waals surface area (Å²) in [4.78, 5) is 8.52. The van der Waals surface area contributed by atoms with Crippen LogP contribution in [0.5, 0.6) is 11.5 Å². The highest BCUT2D eigenvalue weighted by atomic mass is 35.5. The van der Waals surface area contributed by atoms with Gasteiger partial charge in [-0.1, -0.05) is 11.6 Å². The Bertz CT molecular complexity index is 668. The minimum atomic E-state index is 0.242. The summed E-state index contributed by atoms with van der Waals surface area (Å²) in [5.41, 5.74) is 6.27. The minimum absolute atomic E-state index is 0.242. The molecule has 1 aliphatic rings. The van der Waals surface area contributed by atoms with Gasteiger partial charge in [0, 0.05) is 18.3 Å². The van der Waals surface area contributed by atoms with E-state index in [0.717, 1.165) is 17.9 Å². The zero-order chi connectivity index (χ0) is 15.4. The number of hydrogen-bond acceptors (Lipinski definition) is 7. The van der Waals surface area contributed by atoms with Gasteiger partial charge in [-0.3, -0.25) is 0 Å². The molecule has 4 N–H and O–H groups in total. The number of ether oxygens (including phenoxy) is 2. The fraction of sp³-hybridized carbons (Fsp3) is 0.286. The second kappa shape index (κ2) is 6.67. The zero-order valence-electron chi connectivity index (χ0n) is 11.8. The van der Waals surface area contributed by atoms with E-state index >= 15 is 0 Å². The topological polar surface area (TPSA) is 94.3 Å². The Kier molecular flexibility index (Phi) is 4.45. The first kappa shape index (κ1) is 14.7. The molecule has 3 rings (SSSR count). The molecule has 0 spiro atoms. The largest absolute Gasteiger partial charge is 0.454 e. The molecular formula is C14H16ClN5O2. The Morgan fingerprint density at radius 1 is 1.27 bits per heavy atom. The molecule has 7 nitrogen and oxygen atoms in total. The average Bonchev–Trinajstić information content (AvgIpc) is 2.98. The predicted octanol–water partition coefficient (Wildman–Crippen LogP) is 2.36. The van der Waals surface area contributed by atoms with E-state index in [9.17, 15) is 0 Å². The molecule has 0 bridgehead atoms. The van der Waals surface area contributed by atoms with Crippen molar-refractivity contribution in [2.75, 3.05) is 30.5 Å². The maximum Gasteiger partial charge on any atom is 0.231 e. The lowest BCUT2D eigenvalue weighted by molar-refractivity contribution is 0.174. The third kappa shape index (κ3) is 3.32. The van der Waals surface area contributed by atoms with E-state index in [2.05, 4.69) is 20.6 Å². The van der Waals surface area contributed by atoms with Gasteiger partial charge in [-0.2, -0.15) is 4.98 Å². The third-order valence-electron chi connectivity index (χ3n) is 3.05. The SMILES string of the molecule is NCCCNc1nc(Nc2ccc3c(c2)OCO3)ncc1Cl. The number of nitrogens with two attached hydrogens (primary N) is 1. The monoisotopic (exact) mass is 321 g/mol. The molecule has 8 heteroatoms. The van der Waals surface area contributed by atoms with Gasteiger partial charge in [0.15, 0.2) is 11.5 Å². The van der Waals surface area contributed by atoms with Crippen molar-refractivity contribution in [3.05, 3.63) is 29.4 Å². The number of hydrogen-bond donors (Lipinski definition) is 3. The molecule has 0 radical (unpaired) electrons. The Morgan fingerprint density at radius 2 is 2.14 bits per heavy atom. The van der Waals surface area contributed by atoms with E-state index in [0.29, 0.717) is 35.6 Å². The molecule has 22 heavy (non-hydrogen) atoms. The maximum absolute atomic E-state index is 6.07. The fourth-order valence-corrected chi connectivity index (χ4v) is 2.12. The molecule has 0 fully saturated rings. The second-order valence-electron chi connectivity index (χ2n) is 4.65. The molecular weight excluding hydrogens is 306 g/mol. The lowest BCUT2D eigenvalue weighted by atomic mass is 10.3. The van der Waals surface area contributed by atoms with Gasteiger partial charge in [0.2, 0.25) is 12.7 Å². The van der Waals surface area contributed by atoms with Gasteiger partial charge in [-0.15, -0.1) is 0 Å². The quantitative estimate of drug-likeness (QED) is 0.703. The number of anilines is 3. The van der Waals surface area contributed by atoms with Gasteiger partial charge in [0.05, 0.1) is 6.20 Å². The van der Waals surface area contributed by atoms with Crippen molar-refractivity contribution in [2.45, 2.75) is 6.42 Å². The summed E-state index contributed by atoms with van der Waals surface area (Å²) in [6.07, 6.45) is 2.39. The smallest absolute Gasteiger partial charge is 0.231 e. The van der Waals surface area contributed by atoms with Gasteiger partial charge in [-0.05, 0) is 25.1 Å². The van der Waals surface area contributed by atoms with Crippen molar-refractivity contribution < 1.29 is 9.47 Å². The van der Waals surface area contributed by atoms with Crippen LogP contribution in [0.2, 0.25) is 5.02 Å². The number of aromatic nitrogens is 2. The Labute approximate surface area is 132 Å². The van der Waals surface area contributed by atoms with Crippen molar-refractivity contribution in [2.24, 2.45) is 5.73 Å². The maximum atomic E-state index is 6.07. The predicted molar refractivity (Wildman–Crippen MR) is 85.1 cm³/mol. The van der Waals surface area contributed by atoms with Crippen LogP contribution in [0.25, 0.3) is 0 Å². The van der Waals surface area contributed by atoms with Crippen LogP contribution in [0.15, 0.2) is 24.4 Å². The van der Waals surface area contributed by atoms with Gasteiger partial charge < -0.3 is 25.8 Å². The number of halogens is 1. The Hall–Kier alpha value is -2.25. The molecule has 0 saturated heterocycles. The van der Waals surface area contributed by atoms with Gasteiger partial charge in [-0.25, -0.2) is 4.98 Å². The standard InChI is InChI=1S/C14H16ClN5O2/c15-10-7-18-14(20-13(10)17-5-1-4-16)19-9-2-3-11-12(6-9)22-8-21-11/h2-3,6-7H,1,4-5,8,16H2,(H2,17,18,19,20). The number of fused-ring (bicyclic) bond motifs is 1. The van der Waals surface area contributed by atoms with E-state index in [1.54, 1.807) is 6.20 Å². The lowest BCUT2D eigenvalue weighted by Crippen LogP contribution is -2.10. The van der Waals surface area contributed by atoms with E-state index in [1.165, 1.54) is 0 Å². The van der Waals surface area contributed by atoms with Crippen molar-refractivity contribution in [1.29, 1.82) is 0 Å². The normalized spacial score (nSPS) is 12.3. The summed E-state index contributed by atoms with van der Waals surface area (Å²) in [5, 5.41) is 6.71. The Balaban J connectivity index is 1.73. The van der Waals surface area contributed by atoms with Crippen molar-refractivity contribution in [1.82, 2.24) is 9.97 Å². The van der Waals surface area contributed by atoms with Gasteiger partial charge in [0.25, 0.3) is 0 Å². The molecule has 0 saturated carbocycles. The van der Waals surface area contributed by atoms with Crippen molar-refractivity contribution in [3.8, 4) is 11.5 Å². The highest BCUT2D eigenvalue weighted by Gasteiger charge is 2.14. The molecule has 1 aliphatic heterocycles.